The van der Waals surface area contributed by atoms with Crippen molar-refractivity contribution in [2.24, 2.45) is 0 Å². The van der Waals surface area contributed by atoms with E-state index in [4.69, 9.17) is 0 Å². The zero-order chi connectivity index (χ0) is 22.0. The van der Waals surface area contributed by atoms with Crippen LogP contribution in [0.5, 0.6) is 0 Å². The third kappa shape index (κ3) is 4.31. The number of nitrogens with one attached hydrogen (secondary N) is 4. The van der Waals surface area contributed by atoms with Gasteiger partial charge in [0, 0.05) is 22.5 Å². The predicted octanol–water partition coefficient (Wildman–Crippen LogP) is 2.20. The average molecular weight is 437 g/mol. The lowest BCUT2D eigenvalue weighted by Crippen LogP contribution is -2.34. The van der Waals surface area contributed by atoms with Gasteiger partial charge in [0.25, 0.3) is 5.56 Å². The molecule has 0 aliphatic carbocycles. The zero-order valence-corrected chi connectivity index (χ0v) is 17.5. The summed E-state index contributed by atoms with van der Waals surface area (Å²) in [5.41, 5.74) is 0.0371. The number of nitrogens with zero attached hydrogens (tertiary/aromatic N) is 3. The molecule has 3 aromatic heterocycles. The summed E-state index contributed by atoms with van der Waals surface area (Å²) in [7, 11) is 1.75. The van der Waals surface area contributed by atoms with Crippen LogP contribution >= 0.6 is 11.3 Å². The number of carbonyl (C=O) groups excluding carboxylic acids is 1. The van der Waals surface area contributed by atoms with Crippen molar-refractivity contribution in [3.63, 3.8) is 0 Å². The second kappa shape index (κ2) is 8.40. The number of anilines is 2. The molecule has 0 unspecified atom stereocenters. The van der Waals surface area contributed by atoms with E-state index in [1.165, 1.54) is 17.0 Å². The molecule has 31 heavy (non-hydrogen) atoms. The van der Waals surface area contributed by atoms with Crippen LogP contribution in [0.3, 0.4) is 0 Å². The van der Waals surface area contributed by atoms with Gasteiger partial charge in [-0.2, -0.15) is 0 Å². The number of fused-ring (bicyclic) bond motifs is 1. The van der Waals surface area contributed by atoms with Crippen molar-refractivity contribution in [2.45, 2.75) is 13.5 Å². The lowest BCUT2D eigenvalue weighted by molar-refractivity contribution is 0.251. The minimum atomic E-state index is -0.634. The number of aromatic nitrogens is 4. The van der Waals surface area contributed by atoms with Crippen LogP contribution in [0.25, 0.3) is 16.7 Å². The molecule has 0 atom stereocenters. The maximum atomic E-state index is 12.8. The van der Waals surface area contributed by atoms with E-state index in [9.17, 15) is 14.4 Å². The molecule has 2 amide bonds. The van der Waals surface area contributed by atoms with Gasteiger partial charge >= 0.3 is 11.7 Å². The molecular formula is C20H19N7O3S. The van der Waals surface area contributed by atoms with Crippen LogP contribution in [-0.4, -0.2) is 32.8 Å². The Hall–Kier alpha value is -3.99. The molecule has 10 nitrogen and oxygen atoms in total. The van der Waals surface area contributed by atoms with Crippen molar-refractivity contribution >= 4 is 39.8 Å². The van der Waals surface area contributed by atoms with Gasteiger partial charge in [-0.25, -0.2) is 14.2 Å². The second-order valence-corrected chi connectivity index (χ2v) is 8.05. The highest BCUT2D eigenvalue weighted by molar-refractivity contribution is 7.11. The fourth-order valence-corrected chi connectivity index (χ4v) is 3.83. The first kappa shape index (κ1) is 20.3. The highest BCUT2D eigenvalue weighted by Crippen LogP contribution is 2.15. The van der Waals surface area contributed by atoms with Gasteiger partial charge in [-0.15, -0.1) is 21.5 Å². The molecule has 0 spiro atoms. The summed E-state index contributed by atoms with van der Waals surface area (Å²) in [6, 6.07) is 11.5. The van der Waals surface area contributed by atoms with Gasteiger partial charge in [0.05, 0.1) is 17.4 Å². The summed E-state index contributed by atoms with van der Waals surface area (Å²) < 4.78 is 0.900. The Balaban J connectivity index is 1.52. The number of hydrogen-bond donors (Lipinski definition) is 4. The molecule has 0 radical (unpaired) electrons. The third-order valence-electron chi connectivity index (χ3n) is 4.53. The van der Waals surface area contributed by atoms with Crippen molar-refractivity contribution in [1.82, 2.24) is 25.1 Å². The van der Waals surface area contributed by atoms with E-state index < -0.39 is 17.3 Å². The summed E-state index contributed by atoms with van der Waals surface area (Å²) in [5.74, 6) is 0.235. The highest BCUT2D eigenvalue weighted by atomic mass is 32.1. The lowest BCUT2D eigenvalue weighted by Gasteiger charge is -2.08. The first-order valence-electron chi connectivity index (χ1n) is 9.36. The fraction of sp³-hybridized carbons (Fsp3) is 0.150. The van der Waals surface area contributed by atoms with Crippen molar-refractivity contribution in [2.75, 3.05) is 17.7 Å². The number of carbonyl (C=O) groups is 1. The van der Waals surface area contributed by atoms with E-state index in [1.54, 1.807) is 36.6 Å². The lowest BCUT2D eigenvalue weighted by atomic mass is 10.2. The molecule has 4 aromatic rings. The fourth-order valence-electron chi connectivity index (χ4n) is 3.00. The van der Waals surface area contributed by atoms with E-state index >= 15 is 0 Å². The number of amides is 2. The maximum absolute atomic E-state index is 12.8. The molecule has 158 valence electrons. The van der Waals surface area contributed by atoms with Crippen LogP contribution in [0.15, 0.2) is 52.1 Å². The van der Waals surface area contributed by atoms with E-state index in [2.05, 4.69) is 31.1 Å². The minimum Gasteiger partial charge on any atom is -0.388 e. The first-order chi connectivity index (χ1) is 14.9. The number of urea groups is 1. The maximum Gasteiger partial charge on any atom is 0.334 e. The molecule has 11 heteroatoms. The number of hydrogen-bond acceptors (Lipinski definition) is 7. The highest BCUT2D eigenvalue weighted by Gasteiger charge is 2.12. The zero-order valence-electron chi connectivity index (χ0n) is 16.7. The van der Waals surface area contributed by atoms with Gasteiger partial charge in [0.15, 0.2) is 11.6 Å². The summed E-state index contributed by atoms with van der Waals surface area (Å²) in [6.07, 6.45) is 0. The van der Waals surface area contributed by atoms with Crippen LogP contribution in [0.2, 0.25) is 0 Å². The first-order valence-corrected chi connectivity index (χ1v) is 10.2. The van der Waals surface area contributed by atoms with Gasteiger partial charge in [-0.1, -0.05) is 0 Å². The van der Waals surface area contributed by atoms with Crippen molar-refractivity contribution < 1.29 is 4.79 Å². The van der Waals surface area contributed by atoms with Gasteiger partial charge < -0.3 is 15.6 Å². The Morgan fingerprint density at radius 3 is 2.65 bits per heavy atom. The van der Waals surface area contributed by atoms with E-state index in [0.717, 1.165) is 15.1 Å². The topological polar surface area (TPSA) is 134 Å². The van der Waals surface area contributed by atoms with E-state index in [0.29, 0.717) is 17.4 Å². The van der Waals surface area contributed by atoms with E-state index in [-0.39, 0.29) is 11.6 Å². The third-order valence-corrected chi connectivity index (χ3v) is 5.53. The molecule has 3 heterocycles. The number of benzene rings is 1. The van der Waals surface area contributed by atoms with Crippen molar-refractivity contribution in [1.29, 1.82) is 0 Å². The number of rotatable bonds is 5. The second-order valence-electron chi connectivity index (χ2n) is 6.68. The monoisotopic (exact) mass is 437 g/mol. The normalized spacial score (nSPS) is 10.8. The van der Waals surface area contributed by atoms with Crippen LogP contribution in [-0.2, 0) is 6.54 Å². The summed E-state index contributed by atoms with van der Waals surface area (Å²) >= 11 is 1.60. The van der Waals surface area contributed by atoms with Crippen LogP contribution in [0, 0.1) is 6.92 Å². The molecule has 0 bridgehead atoms. The Kier molecular flexibility index (Phi) is 5.50. The van der Waals surface area contributed by atoms with Gasteiger partial charge in [-0.3, -0.25) is 10.1 Å². The molecule has 0 aliphatic heterocycles. The summed E-state index contributed by atoms with van der Waals surface area (Å²) in [4.78, 5) is 42.2. The van der Waals surface area contributed by atoms with Crippen molar-refractivity contribution in [3.05, 3.63) is 73.1 Å². The SMILES string of the molecule is CNc1ccc2c(=O)n(-c3ccc(NC(=O)NCc4ccc(C)s4)nn3)c(=O)[nH]c2c1. The standard InChI is InChI=1S/C20H19N7O3S/c1-11-3-5-13(31-11)10-22-19(29)24-16-7-8-17(26-25-16)27-18(28)14-6-4-12(21-2)9-15(14)23-20(27)30/h3-9,21H,10H2,1-2H3,(H,23,30)(H2,22,24,25,29). The Morgan fingerprint density at radius 2 is 1.97 bits per heavy atom. The Labute approximate surface area is 180 Å². The van der Waals surface area contributed by atoms with E-state index in [1.807, 2.05) is 19.1 Å². The van der Waals surface area contributed by atoms with Crippen molar-refractivity contribution in [3.8, 4) is 5.82 Å². The van der Waals surface area contributed by atoms with Gasteiger partial charge in [0.2, 0.25) is 0 Å². The van der Waals surface area contributed by atoms with Gasteiger partial charge in [-0.05, 0) is 49.4 Å². The number of aryl methyl sites for hydroxylation is 1. The number of thiophene rings is 1. The number of aromatic amines is 1. The molecule has 0 saturated carbocycles. The molecular weight excluding hydrogens is 418 g/mol. The van der Waals surface area contributed by atoms with Crippen LogP contribution in [0.4, 0.5) is 16.3 Å². The number of H-pyrrole nitrogens is 1. The molecule has 0 saturated heterocycles. The quantitative estimate of drug-likeness (QED) is 0.378. The molecule has 0 aliphatic rings. The molecule has 1 aromatic carbocycles. The largest absolute Gasteiger partial charge is 0.388 e. The smallest absolute Gasteiger partial charge is 0.334 e. The molecule has 4 N–H and O–H groups in total. The van der Waals surface area contributed by atoms with Gasteiger partial charge in [0.1, 0.15) is 0 Å². The average Bonchev–Trinajstić information content (AvgIpc) is 3.18. The van der Waals surface area contributed by atoms with Crippen LogP contribution in [0.1, 0.15) is 9.75 Å². The summed E-state index contributed by atoms with van der Waals surface area (Å²) in [5, 5.41) is 16.4. The predicted molar refractivity (Wildman–Crippen MR) is 120 cm³/mol. The van der Waals surface area contributed by atoms with Crippen LogP contribution < -0.4 is 27.2 Å². The Morgan fingerprint density at radius 1 is 1.13 bits per heavy atom. The molecule has 0 fully saturated rings. The minimum absolute atomic E-state index is 0.0471. The molecule has 4 rings (SSSR count). The Bertz CT molecular complexity index is 1370. The summed E-state index contributed by atoms with van der Waals surface area (Å²) in [6.45, 7) is 2.39.